The van der Waals surface area contributed by atoms with Crippen molar-refractivity contribution in [2.75, 3.05) is 18.6 Å². The summed E-state index contributed by atoms with van der Waals surface area (Å²) in [5.41, 5.74) is 7.97. The molecule has 0 fully saturated rings. The molecule has 0 saturated heterocycles. The Bertz CT molecular complexity index is 445. The van der Waals surface area contributed by atoms with Crippen LogP contribution in [0, 0.1) is 0 Å². The molecule has 1 aromatic rings. The maximum atomic E-state index is 11.6. The number of anilines is 1. The summed E-state index contributed by atoms with van der Waals surface area (Å²) in [5, 5.41) is 0. The summed E-state index contributed by atoms with van der Waals surface area (Å²) in [6.07, 6.45) is 2.89. The number of amides is 1. The molecule has 0 saturated carbocycles. The van der Waals surface area contributed by atoms with Crippen LogP contribution in [0.1, 0.15) is 25.3 Å². The van der Waals surface area contributed by atoms with Gasteiger partial charge in [0.25, 0.3) is 5.91 Å². The molecule has 1 amide bonds. The van der Waals surface area contributed by atoms with Crippen molar-refractivity contribution in [3.05, 3.63) is 23.8 Å². The first kappa shape index (κ1) is 12.9. The Kier molecular flexibility index (Phi) is 3.87. The number of nitrogens with zero attached hydrogens (tertiary/aromatic N) is 1. The second kappa shape index (κ2) is 5.40. The maximum absolute atomic E-state index is 11.6. The van der Waals surface area contributed by atoms with Gasteiger partial charge >= 0.3 is 0 Å². The van der Waals surface area contributed by atoms with Crippen LogP contribution in [-0.4, -0.2) is 25.6 Å². The van der Waals surface area contributed by atoms with Crippen LogP contribution in [0.3, 0.4) is 0 Å². The largest absolute Gasteiger partial charge is 0.482 e. The lowest BCUT2D eigenvalue weighted by atomic mass is 10.0. The zero-order chi connectivity index (χ0) is 13.1. The van der Waals surface area contributed by atoms with E-state index in [4.69, 9.17) is 10.5 Å². The van der Waals surface area contributed by atoms with Crippen molar-refractivity contribution in [1.29, 1.82) is 0 Å². The van der Waals surface area contributed by atoms with Gasteiger partial charge in [-0.25, -0.2) is 0 Å². The lowest BCUT2D eigenvalue weighted by Gasteiger charge is -2.26. The summed E-state index contributed by atoms with van der Waals surface area (Å²) in [6, 6.07) is 6.25. The third-order valence-corrected chi connectivity index (χ3v) is 3.44. The standard InChI is InChI=1S/C14H20N2O2/c1-3-11(15)6-4-10-5-7-13-12(8-10)16(2)14(17)9-18-13/h5,7-8,11H,3-4,6,9,15H2,1-2H3. The number of nitrogens with two attached hydrogens (primary N) is 1. The van der Waals surface area contributed by atoms with Crippen LogP contribution in [0.4, 0.5) is 5.69 Å². The van der Waals surface area contributed by atoms with Crippen LogP contribution in [0.15, 0.2) is 18.2 Å². The van der Waals surface area contributed by atoms with Gasteiger partial charge in [0.15, 0.2) is 6.61 Å². The Morgan fingerprint density at radius 2 is 2.28 bits per heavy atom. The van der Waals surface area contributed by atoms with E-state index < -0.39 is 0 Å². The van der Waals surface area contributed by atoms with E-state index in [2.05, 4.69) is 6.92 Å². The molecule has 2 N–H and O–H groups in total. The van der Waals surface area contributed by atoms with E-state index in [1.54, 1.807) is 11.9 Å². The Morgan fingerprint density at radius 1 is 1.50 bits per heavy atom. The van der Waals surface area contributed by atoms with E-state index >= 15 is 0 Å². The molecule has 0 bridgehead atoms. The number of hydrogen-bond acceptors (Lipinski definition) is 3. The number of fused-ring (bicyclic) bond motifs is 1. The van der Waals surface area contributed by atoms with Gasteiger partial charge in [-0.1, -0.05) is 13.0 Å². The van der Waals surface area contributed by atoms with Gasteiger partial charge in [-0.15, -0.1) is 0 Å². The quantitative estimate of drug-likeness (QED) is 0.882. The van der Waals surface area contributed by atoms with E-state index in [0.29, 0.717) is 0 Å². The summed E-state index contributed by atoms with van der Waals surface area (Å²) < 4.78 is 5.39. The molecule has 0 radical (unpaired) electrons. The molecule has 18 heavy (non-hydrogen) atoms. The van der Waals surface area contributed by atoms with Gasteiger partial charge in [-0.3, -0.25) is 4.79 Å². The topological polar surface area (TPSA) is 55.6 Å². The summed E-state index contributed by atoms with van der Waals surface area (Å²) in [4.78, 5) is 13.2. The molecule has 1 aliphatic rings. The fourth-order valence-electron chi connectivity index (χ4n) is 2.03. The number of aryl methyl sites for hydroxylation is 1. The molecule has 1 atom stereocenters. The highest BCUT2D eigenvalue weighted by Gasteiger charge is 2.22. The van der Waals surface area contributed by atoms with Gasteiger partial charge in [0.2, 0.25) is 0 Å². The molecule has 0 aliphatic carbocycles. The Morgan fingerprint density at radius 3 is 3.00 bits per heavy atom. The molecule has 0 spiro atoms. The highest BCUT2D eigenvalue weighted by Crippen LogP contribution is 2.32. The summed E-state index contributed by atoms with van der Waals surface area (Å²) >= 11 is 0. The zero-order valence-corrected chi connectivity index (χ0v) is 11.0. The van der Waals surface area contributed by atoms with Crippen molar-refractivity contribution in [1.82, 2.24) is 0 Å². The second-order valence-corrected chi connectivity index (χ2v) is 4.75. The number of carbonyl (C=O) groups excluding carboxylic acids is 1. The van der Waals surface area contributed by atoms with Crippen molar-refractivity contribution in [3.8, 4) is 5.75 Å². The van der Waals surface area contributed by atoms with E-state index in [1.807, 2.05) is 18.2 Å². The Balaban J connectivity index is 2.13. The first-order chi connectivity index (χ1) is 8.61. The molecule has 1 aromatic carbocycles. The summed E-state index contributed by atoms with van der Waals surface area (Å²) in [7, 11) is 1.78. The van der Waals surface area contributed by atoms with Crippen molar-refractivity contribution < 1.29 is 9.53 Å². The van der Waals surface area contributed by atoms with E-state index in [0.717, 1.165) is 30.7 Å². The van der Waals surface area contributed by atoms with E-state index in [1.165, 1.54) is 5.56 Å². The van der Waals surface area contributed by atoms with Crippen molar-refractivity contribution in [3.63, 3.8) is 0 Å². The third kappa shape index (κ3) is 2.64. The van der Waals surface area contributed by atoms with Crippen molar-refractivity contribution >= 4 is 11.6 Å². The van der Waals surface area contributed by atoms with Crippen molar-refractivity contribution in [2.24, 2.45) is 5.73 Å². The number of ether oxygens (including phenoxy) is 1. The molecule has 1 aliphatic heterocycles. The SMILES string of the molecule is CCC(N)CCc1ccc2c(c1)N(C)C(=O)CO2. The van der Waals surface area contributed by atoms with Gasteiger partial charge < -0.3 is 15.4 Å². The summed E-state index contributed by atoms with van der Waals surface area (Å²) in [5.74, 6) is 0.769. The van der Waals surface area contributed by atoms with Gasteiger partial charge in [-0.2, -0.15) is 0 Å². The van der Waals surface area contributed by atoms with Gasteiger partial charge in [0.1, 0.15) is 5.75 Å². The Labute approximate surface area is 108 Å². The van der Waals surface area contributed by atoms with Crippen molar-refractivity contribution in [2.45, 2.75) is 32.2 Å². The lowest BCUT2D eigenvalue weighted by Crippen LogP contribution is -2.35. The van der Waals surface area contributed by atoms with E-state index in [-0.39, 0.29) is 18.6 Å². The Hall–Kier alpha value is -1.55. The normalized spacial score (nSPS) is 16.2. The third-order valence-electron chi connectivity index (χ3n) is 3.44. The molecule has 2 rings (SSSR count). The molecule has 4 heteroatoms. The van der Waals surface area contributed by atoms with Gasteiger partial charge in [0.05, 0.1) is 5.69 Å². The predicted molar refractivity (Wildman–Crippen MR) is 71.9 cm³/mol. The maximum Gasteiger partial charge on any atom is 0.264 e. The summed E-state index contributed by atoms with van der Waals surface area (Å²) in [6.45, 7) is 2.22. The molecule has 1 heterocycles. The van der Waals surface area contributed by atoms with Crippen LogP contribution in [0.25, 0.3) is 0 Å². The first-order valence-corrected chi connectivity index (χ1v) is 6.39. The molecule has 98 valence electrons. The predicted octanol–water partition coefficient (Wildman–Crippen LogP) is 1.71. The van der Waals surface area contributed by atoms with Crippen LogP contribution in [-0.2, 0) is 11.2 Å². The molecule has 1 unspecified atom stereocenters. The minimum Gasteiger partial charge on any atom is -0.482 e. The highest BCUT2D eigenvalue weighted by molar-refractivity contribution is 5.97. The molecular weight excluding hydrogens is 228 g/mol. The number of likely N-dealkylation sites (N-methyl/N-ethyl adjacent to an activating group) is 1. The van der Waals surface area contributed by atoms with Gasteiger partial charge in [-0.05, 0) is 37.0 Å². The highest BCUT2D eigenvalue weighted by atomic mass is 16.5. The fourth-order valence-corrected chi connectivity index (χ4v) is 2.03. The molecular formula is C14H20N2O2. The average molecular weight is 248 g/mol. The van der Waals surface area contributed by atoms with Crippen LogP contribution in [0.2, 0.25) is 0 Å². The van der Waals surface area contributed by atoms with Crippen LogP contribution in [0.5, 0.6) is 5.75 Å². The first-order valence-electron chi connectivity index (χ1n) is 6.39. The zero-order valence-electron chi connectivity index (χ0n) is 11.0. The second-order valence-electron chi connectivity index (χ2n) is 4.75. The minimum absolute atomic E-state index is 0.00934. The molecule has 0 aromatic heterocycles. The van der Waals surface area contributed by atoms with Crippen LogP contribution < -0.4 is 15.4 Å². The monoisotopic (exact) mass is 248 g/mol. The fraction of sp³-hybridized carbons (Fsp3) is 0.500. The van der Waals surface area contributed by atoms with E-state index in [9.17, 15) is 4.79 Å². The minimum atomic E-state index is -0.00934. The lowest BCUT2D eigenvalue weighted by molar-refractivity contribution is -0.120. The smallest absolute Gasteiger partial charge is 0.264 e. The number of carbonyl (C=O) groups is 1. The number of benzene rings is 1. The molecule has 4 nitrogen and oxygen atoms in total. The number of hydrogen-bond donors (Lipinski definition) is 1. The van der Waals surface area contributed by atoms with Crippen LogP contribution >= 0.6 is 0 Å². The number of rotatable bonds is 4. The average Bonchev–Trinajstić information content (AvgIpc) is 2.40. The van der Waals surface area contributed by atoms with Gasteiger partial charge in [0, 0.05) is 13.1 Å².